The van der Waals surface area contributed by atoms with E-state index in [1.165, 1.54) is 6.20 Å². The van der Waals surface area contributed by atoms with Crippen molar-refractivity contribution in [3.63, 3.8) is 0 Å². The van der Waals surface area contributed by atoms with Crippen LogP contribution < -0.4 is 9.47 Å². The second-order valence-electron chi connectivity index (χ2n) is 5.04. The number of ether oxygens (including phenoxy) is 3. The number of carbonyl (C=O) groups is 1. The molecule has 2 aromatic rings. The maximum absolute atomic E-state index is 12.1. The summed E-state index contributed by atoms with van der Waals surface area (Å²) in [5.41, 5.74) is 1.30. The van der Waals surface area contributed by atoms with Crippen LogP contribution in [0.3, 0.4) is 0 Å². The summed E-state index contributed by atoms with van der Waals surface area (Å²) < 4.78 is 16.0. The standard InChI is InChI=1S/C18H15ClN2O4/c1-3-24-16-9-11(4-5-15(16)23-2)8-14-18(22)25-17(21-14)13-10-12(19)6-7-20-13/h4-10H,3H2,1-2H3/b14-8-. The summed E-state index contributed by atoms with van der Waals surface area (Å²) in [4.78, 5) is 20.4. The Balaban J connectivity index is 1.93. The van der Waals surface area contributed by atoms with Gasteiger partial charge >= 0.3 is 5.97 Å². The molecule has 0 fully saturated rings. The number of methoxy groups -OCH3 is 1. The number of benzene rings is 1. The number of rotatable bonds is 5. The highest BCUT2D eigenvalue weighted by atomic mass is 35.5. The number of esters is 1. The number of cyclic esters (lactones) is 1. The number of hydrogen-bond acceptors (Lipinski definition) is 6. The molecule has 0 atom stereocenters. The summed E-state index contributed by atoms with van der Waals surface area (Å²) >= 11 is 5.93. The van der Waals surface area contributed by atoms with Gasteiger partial charge in [0.15, 0.2) is 17.2 Å². The van der Waals surface area contributed by atoms with Gasteiger partial charge in [0.05, 0.1) is 13.7 Å². The molecule has 0 spiro atoms. The summed E-state index contributed by atoms with van der Waals surface area (Å²) in [6.07, 6.45) is 3.13. The number of aliphatic imine (C=N–C) groups is 1. The minimum absolute atomic E-state index is 0.122. The minimum atomic E-state index is -0.550. The zero-order valence-electron chi connectivity index (χ0n) is 13.7. The van der Waals surface area contributed by atoms with E-state index in [9.17, 15) is 4.79 Å². The van der Waals surface area contributed by atoms with Crippen molar-refractivity contribution in [1.82, 2.24) is 4.98 Å². The SMILES string of the molecule is CCOc1cc(/C=C2\N=C(c3cc(Cl)ccn3)OC2=O)ccc1OC. The Morgan fingerprint density at radius 3 is 2.80 bits per heavy atom. The van der Waals surface area contributed by atoms with Gasteiger partial charge in [0.1, 0.15) is 5.69 Å². The largest absolute Gasteiger partial charge is 0.493 e. The zero-order chi connectivity index (χ0) is 17.8. The number of halogens is 1. The van der Waals surface area contributed by atoms with E-state index in [0.29, 0.717) is 28.8 Å². The monoisotopic (exact) mass is 358 g/mol. The van der Waals surface area contributed by atoms with Gasteiger partial charge in [0.2, 0.25) is 5.90 Å². The van der Waals surface area contributed by atoms with Gasteiger partial charge in [-0.3, -0.25) is 4.98 Å². The molecule has 25 heavy (non-hydrogen) atoms. The molecule has 6 nitrogen and oxygen atoms in total. The molecular weight excluding hydrogens is 344 g/mol. The summed E-state index contributed by atoms with van der Waals surface area (Å²) in [7, 11) is 1.57. The van der Waals surface area contributed by atoms with Crippen LogP contribution in [0.15, 0.2) is 47.2 Å². The second kappa shape index (κ2) is 7.36. The lowest BCUT2D eigenvalue weighted by Gasteiger charge is -2.09. The van der Waals surface area contributed by atoms with E-state index in [2.05, 4.69) is 9.98 Å². The molecule has 1 aromatic carbocycles. The molecule has 0 radical (unpaired) electrons. The van der Waals surface area contributed by atoms with Crippen LogP contribution in [0.4, 0.5) is 0 Å². The lowest BCUT2D eigenvalue weighted by atomic mass is 10.1. The molecule has 0 amide bonds. The smallest absolute Gasteiger partial charge is 0.363 e. The number of pyridine rings is 1. The fraction of sp³-hybridized carbons (Fsp3) is 0.167. The fourth-order valence-corrected chi connectivity index (χ4v) is 2.41. The number of hydrogen-bond donors (Lipinski definition) is 0. The molecule has 1 aromatic heterocycles. The van der Waals surface area contributed by atoms with E-state index >= 15 is 0 Å². The van der Waals surface area contributed by atoms with Crippen molar-refractivity contribution in [2.75, 3.05) is 13.7 Å². The average Bonchev–Trinajstić information content (AvgIpc) is 2.96. The normalized spacial score (nSPS) is 15.1. The van der Waals surface area contributed by atoms with Crippen LogP contribution in [0.5, 0.6) is 11.5 Å². The Hall–Kier alpha value is -2.86. The van der Waals surface area contributed by atoms with E-state index in [-0.39, 0.29) is 11.6 Å². The van der Waals surface area contributed by atoms with Gasteiger partial charge in [-0.15, -0.1) is 0 Å². The molecule has 7 heteroatoms. The summed E-state index contributed by atoms with van der Waals surface area (Å²) in [5.74, 6) is 0.777. The van der Waals surface area contributed by atoms with Crippen molar-refractivity contribution in [1.29, 1.82) is 0 Å². The van der Waals surface area contributed by atoms with E-state index in [1.54, 1.807) is 43.5 Å². The highest BCUT2D eigenvalue weighted by Gasteiger charge is 2.25. The Kier molecular flexibility index (Phi) is 5.00. The molecule has 3 rings (SSSR count). The van der Waals surface area contributed by atoms with Gasteiger partial charge in [0.25, 0.3) is 0 Å². The molecule has 0 unspecified atom stereocenters. The molecule has 0 saturated heterocycles. The van der Waals surface area contributed by atoms with Crippen molar-refractivity contribution < 1.29 is 19.0 Å². The third kappa shape index (κ3) is 3.80. The van der Waals surface area contributed by atoms with Gasteiger partial charge in [-0.25, -0.2) is 9.79 Å². The van der Waals surface area contributed by atoms with E-state index in [0.717, 1.165) is 5.56 Å². The van der Waals surface area contributed by atoms with Gasteiger partial charge in [-0.05, 0) is 42.8 Å². The van der Waals surface area contributed by atoms with Crippen molar-refractivity contribution >= 4 is 29.5 Å². The third-order valence-corrected chi connectivity index (χ3v) is 3.59. The molecule has 1 aliphatic heterocycles. The Morgan fingerprint density at radius 2 is 2.08 bits per heavy atom. The maximum Gasteiger partial charge on any atom is 0.363 e. The zero-order valence-corrected chi connectivity index (χ0v) is 14.4. The van der Waals surface area contributed by atoms with E-state index in [1.807, 2.05) is 6.92 Å². The van der Waals surface area contributed by atoms with Crippen LogP contribution in [-0.2, 0) is 9.53 Å². The van der Waals surface area contributed by atoms with Crippen LogP contribution in [0, 0.1) is 0 Å². The molecule has 0 saturated carbocycles. The Labute approximate surface area is 149 Å². The molecular formula is C18H15ClN2O4. The topological polar surface area (TPSA) is 70.0 Å². The molecule has 0 N–H and O–H groups in total. The van der Waals surface area contributed by atoms with Crippen LogP contribution in [0.1, 0.15) is 18.2 Å². The summed E-state index contributed by atoms with van der Waals surface area (Å²) in [6.45, 7) is 2.38. The third-order valence-electron chi connectivity index (χ3n) is 3.35. The van der Waals surface area contributed by atoms with Gasteiger partial charge in [-0.2, -0.15) is 0 Å². The van der Waals surface area contributed by atoms with Gasteiger partial charge in [0, 0.05) is 11.2 Å². The lowest BCUT2D eigenvalue weighted by Crippen LogP contribution is -2.07. The maximum atomic E-state index is 12.1. The van der Waals surface area contributed by atoms with Gasteiger partial charge < -0.3 is 14.2 Å². The average molecular weight is 359 g/mol. The molecule has 1 aliphatic rings. The summed E-state index contributed by atoms with van der Waals surface area (Å²) in [6, 6.07) is 8.55. The minimum Gasteiger partial charge on any atom is -0.493 e. The fourth-order valence-electron chi connectivity index (χ4n) is 2.25. The van der Waals surface area contributed by atoms with Crippen molar-refractivity contribution in [3.8, 4) is 11.5 Å². The summed E-state index contributed by atoms with van der Waals surface area (Å²) in [5, 5.41) is 0.484. The highest BCUT2D eigenvalue weighted by Crippen LogP contribution is 2.29. The molecule has 128 valence electrons. The molecule has 0 aliphatic carbocycles. The van der Waals surface area contributed by atoms with Gasteiger partial charge in [-0.1, -0.05) is 17.7 Å². The first-order valence-electron chi connectivity index (χ1n) is 7.56. The van der Waals surface area contributed by atoms with Crippen LogP contribution >= 0.6 is 11.6 Å². The predicted molar refractivity (Wildman–Crippen MR) is 94.0 cm³/mol. The van der Waals surface area contributed by atoms with Crippen molar-refractivity contribution in [2.45, 2.75) is 6.92 Å². The van der Waals surface area contributed by atoms with Crippen LogP contribution in [-0.4, -0.2) is 30.6 Å². The van der Waals surface area contributed by atoms with Crippen molar-refractivity contribution in [2.24, 2.45) is 4.99 Å². The quantitative estimate of drug-likeness (QED) is 0.604. The molecule has 2 heterocycles. The van der Waals surface area contributed by atoms with Crippen LogP contribution in [0.2, 0.25) is 5.02 Å². The van der Waals surface area contributed by atoms with Crippen molar-refractivity contribution in [3.05, 3.63) is 58.5 Å². The molecule has 0 bridgehead atoms. The predicted octanol–water partition coefficient (Wildman–Crippen LogP) is 3.49. The Bertz CT molecular complexity index is 877. The highest BCUT2D eigenvalue weighted by molar-refractivity contribution is 6.31. The van der Waals surface area contributed by atoms with E-state index < -0.39 is 5.97 Å². The Morgan fingerprint density at radius 1 is 1.24 bits per heavy atom. The first-order valence-corrected chi connectivity index (χ1v) is 7.94. The van der Waals surface area contributed by atoms with Crippen LogP contribution in [0.25, 0.3) is 6.08 Å². The first kappa shape index (κ1) is 17.0. The number of nitrogens with zero attached hydrogens (tertiary/aromatic N) is 2. The number of carbonyl (C=O) groups excluding carboxylic acids is 1. The lowest BCUT2D eigenvalue weighted by molar-refractivity contribution is -0.129. The first-order chi connectivity index (χ1) is 12.1. The van der Waals surface area contributed by atoms with E-state index in [4.69, 9.17) is 25.8 Å². The number of aromatic nitrogens is 1. The second-order valence-corrected chi connectivity index (χ2v) is 5.48.